The Bertz CT molecular complexity index is 1030. The van der Waals surface area contributed by atoms with Gasteiger partial charge in [-0.05, 0) is 48.2 Å². The highest BCUT2D eigenvalue weighted by Crippen LogP contribution is 2.22. The predicted octanol–water partition coefficient (Wildman–Crippen LogP) is 2.55. The van der Waals surface area contributed by atoms with Gasteiger partial charge in [0.15, 0.2) is 0 Å². The van der Waals surface area contributed by atoms with E-state index in [1.807, 2.05) is 19.1 Å². The summed E-state index contributed by atoms with van der Waals surface area (Å²) >= 11 is 5.98. The molecule has 0 bridgehead atoms. The standard InChI is InChI=1S/C26H32ClFN4O3/c1-3-4-22-26(35)32(23(24(33)30-2)16-18-5-9-19(27)10-6-18)14-13-31(22)25(34)21(29)15-17-7-11-20(28)12-8-17/h5-12,21-23H,3-4,13-16,29H2,1-2H3,(H,30,33). The summed E-state index contributed by atoms with van der Waals surface area (Å²) in [5.41, 5.74) is 7.84. The molecule has 0 radical (unpaired) electrons. The lowest BCUT2D eigenvalue weighted by Crippen LogP contribution is -2.65. The Hall–Kier alpha value is -2.97. The molecule has 188 valence electrons. The lowest BCUT2D eigenvalue weighted by molar-refractivity contribution is -0.156. The number of piperazine rings is 1. The van der Waals surface area contributed by atoms with Crippen LogP contribution in [0.4, 0.5) is 4.39 Å². The molecule has 0 aliphatic carbocycles. The van der Waals surface area contributed by atoms with Crippen LogP contribution < -0.4 is 11.1 Å². The van der Waals surface area contributed by atoms with Gasteiger partial charge in [0, 0.05) is 31.6 Å². The summed E-state index contributed by atoms with van der Waals surface area (Å²) in [6, 6.07) is 10.7. The third-order valence-electron chi connectivity index (χ3n) is 6.33. The largest absolute Gasteiger partial charge is 0.357 e. The fourth-order valence-corrected chi connectivity index (χ4v) is 4.59. The van der Waals surface area contributed by atoms with E-state index in [0.717, 1.165) is 11.1 Å². The smallest absolute Gasteiger partial charge is 0.246 e. The van der Waals surface area contributed by atoms with Gasteiger partial charge in [-0.2, -0.15) is 0 Å². The lowest BCUT2D eigenvalue weighted by atomic mass is 9.97. The zero-order valence-electron chi connectivity index (χ0n) is 20.0. The monoisotopic (exact) mass is 502 g/mol. The molecule has 1 aliphatic heterocycles. The summed E-state index contributed by atoms with van der Waals surface area (Å²) in [6.45, 7) is 2.44. The van der Waals surface area contributed by atoms with E-state index in [1.165, 1.54) is 12.1 Å². The van der Waals surface area contributed by atoms with Crippen molar-refractivity contribution in [2.24, 2.45) is 5.73 Å². The molecule has 1 saturated heterocycles. The van der Waals surface area contributed by atoms with Crippen LogP contribution in [0, 0.1) is 5.82 Å². The third kappa shape index (κ3) is 6.58. The highest BCUT2D eigenvalue weighted by atomic mass is 35.5. The summed E-state index contributed by atoms with van der Waals surface area (Å²) in [5.74, 6) is -1.21. The fraction of sp³-hybridized carbons (Fsp3) is 0.423. The first-order valence-corrected chi connectivity index (χ1v) is 12.2. The molecule has 35 heavy (non-hydrogen) atoms. The van der Waals surface area contributed by atoms with E-state index in [9.17, 15) is 18.8 Å². The minimum atomic E-state index is -0.858. The van der Waals surface area contributed by atoms with E-state index < -0.39 is 18.1 Å². The zero-order chi connectivity index (χ0) is 25.5. The second kappa shape index (κ2) is 12.1. The number of likely N-dealkylation sites (N-methyl/N-ethyl adjacent to an activating group) is 1. The van der Waals surface area contributed by atoms with Crippen LogP contribution in [0.25, 0.3) is 0 Å². The van der Waals surface area contributed by atoms with E-state index in [2.05, 4.69) is 5.32 Å². The first-order valence-electron chi connectivity index (χ1n) is 11.8. The van der Waals surface area contributed by atoms with Crippen LogP contribution >= 0.6 is 11.6 Å². The molecule has 2 aromatic rings. The molecule has 1 aliphatic rings. The number of hydrogen-bond donors (Lipinski definition) is 2. The number of nitrogens with zero attached hydrogens (tertiary/aromatic N) is 2. The SMILES string of the molecule is CCCC1C(=O)N(C(Cc2ccc(Cl)cc2)C(=O)NC)CCN1C(=O)C(N)Cc1ccc(F)cc1. The molecular weight excluding hydrogens is 471 g/mol. The molecule has 2 aromatic carbocycles. The maximum absolute atomic E-state index is 13.6. The number of amides is 3. The molecule has 0 spiro atoms. The minimum Gasteiger partial charge on any atom is -0.357 e. The van der Waals surface area contributed by atoms with Gasteiger partial charge in [0.1, 0.15) is 17.9 Å². The maximum atomic E-state index is 13.6. The normalized spacial score (nSPS) is 17.7. The molecule has 0 aromatic heterocycles. The van der Waals surface area contributed by atoms with Crippen molar-refractivity contribution in [2.75, 3.05) is 20.1 Å². The van der Waals surface area contributed by atoms with Gasteiger partial charge in [-0.1, -0.05) is 49.2 Å². The van der Waals surface area contributed by atoms with Crippen molar-refractivity contribution in [1.82, 2.24) is 15.1 Å². The summed E-state index contributed by atoms with van der Waals surface area (Å²) in [6.07, 6.45) is 1.72. The highest BCUT2D eigenvalue weighted by Gasteiger charge is 2.42. The molecule has 0 saturated carbocycles. The summed E-state index contributed by atoms with van der Waals surface area (Å²) in [4.78, 5) is 42.8. The molecule has 1 heterocycles. The van der Waals surface area contributed by atoms with Crippen LogP contribution in [0.5, 0.6) is 0 Å². The third-order valence-corrected chi connectivity index (χ3v) is 6.58. The molecule has 3 rings (SSSR count). The molecule has 7 nitrogen and oxygen atoms in total. The summed E-state index contributed by atoms with van der Waals surface area (Å²) in [5, 5.41) is 3.25. The second-order valence-electron chi connectivity index (χ2n) is 8.77. The minimum absolute atomic E-state index is 0.222. The van der Waals surface area contributed by atoms with E-state index in [4.69, 9.17) is 17.3 Å². The van der Waals surface area contributed by atoms with Crippen LogP contribution in [0.3, 0.4) is 0 Å². The number of benzene rings is 2. The van der Waals surface area contributed by atoms with Crippen LogP contribution in [0.15, 0.2) is 48.5 Å². The fourth-order valence-electron chi connectivity index (χ4n) is 4.46. The van der Waals surface area contributed by atoms with E-state index in [0.29, 0.717) is 24.3 Å². The van der Waals surface area contributed by atoms with E-state index in [1.54, 1.807) is 41.1 Å². The van der Waals surface area contributed by atoms with Gasteiger partial charge in [-0.3, -0.25) is 14.4 Å². The number of rotatable bonds is 9. The molecule has 3 amide bonds. The number of hydrogen-bond acceptors (Lipinski definition) is 4. The predicted molar refractivity (Wildman–Crippen MR) is 133 cm³/mol. The average Bonchev–Trinajstić information content (AvgIpc) is 2.85. The average molecular weight is 503 g/mol. The number of carbonyl (C=O) groups is 3. The first kappa shape index (κ1) is 26.6. The Balaban J connectivity index is 1.78. The van der Waals surface area contributed by atoms with Gasteiger partial charge in [0.2, 0.25) is 17.7 Å². The van der Waals surface area contributed by atoms with Crippen molar-refractivity contribution in [3.63, 3.8) is 0 Å². The Labute approximate surface area is 210 Å². The zero-order valence-corrected chi connectivity index (χ0v) is 20.8. The van der Waals surface area contributed by atoms with Crippen molar-refractivity contribution in [3.05, 3.63) is 70.5 Å². The van der Waals surface area contributed by atoms with Crippen molar-refractivity contribution in [1.29, 1.82) is 0 Å². The molecule has 3 atom stereocenters. The highest BCUT2D eigenvalue weighted by molar-refractivity contribution is 6.30. The lowest BCUT2D eigenvalue weighted by Gasteiger charge is -2.44. The van der Waals surface area contributed by atoms with Crippen molar-refractivity contribution >= 4 is 29.3 Å². The number of halogens is 2. The van der Waals surface area contributed by atoms with Gasteiger partial charge in [0.25, 0.3) is 0 Å². The Morgan fingerprint density at radius 1 is 1.09 bits per heavy atom. The quantitative estimate of drug-likeness (QED) is 0.551. The Morgan fingerprint density at radius 2 is 1.69 bits per heavy atom. The van der Waals surface area contributed by atoms with E-state index >= 15 is 0 Å². The Kier molecular flexibility index (Phi) is 9.23. The number of carbonyl (C=O) groups excluding carboxylic acids is 3. The molecule has 3 N–H and O–H groups in total. The van der Waals surface area contributed by atoms with Gasteiger partial charge in [-0.25, -0.2) is 4.39 Å². The molecule has 1 fully saturated rings. The Morgan fingerprint density at radius 3 is 2.29 bits per heavy atom. The van der Waals surface area contributed by atoms with Crippen molar-refractivity contribution < 1.29 is 18.8 Å². The first-order chi connectivity index (χ1) is 16.7. The van der Waals surface area contributed by atoms with Crippen LogP contribution in [-0.4, -0.2) is 65.8 Å². The van der Waals surface area contributed by atoms with Crippen molar-refractivity contribution in [2.45, 2.75) is 50.7 Å². The van der Waals surface area contributed by atoms with Crippen LogP contribution in [0.2, 0.25) is 5.02 Å². The van der Waals surface area contributed by atoms with Gasteiger partial charge in [0.05, 0.1) is 6.04 Å². The number of nitrogens with two attached hydrogens (primary N) is 1. The number of nitrogens with one attached hydrogen (secondary N) is 1. The summed E-state index contributed by atoms with van der Waals surface area (Å²) in [7, 11) is 1.54. The second-order valence-corrected chi connectivity index (χ2v) is 9.20. The molecule has 3 unspecified atom stereocenters. The molecule has 9 heteroatoms. The maximum Gasteiger partial charge on any atom is 0.246 e. The van der Waals surface area contributed by atoms with Gasteiger partial charge >= 0.3 is 0 Å². The van der Waals surface area contributed by atoms with Crippen LogP contribution in [-0.2, 0) is 27.2 Å². The topological polar surface area (TPSA) is 95.7 Å². The van der Waals surface area contributed by atoms with Crippen molar-refractivity contribution in [3.8, 4) is 0 Å². The van der Waals surface area contributed by atoms with Gasteiger partial charge < -0.3 is 20.9 Å². The van der Waals surface area contributed by atoms with Gasteiger partial charge in [-0.15, -0.1) is 0 Å². The molecular formula is C26H32ClFN4O3. The summed E-state index contributed by atoms with van der Waals surface area (Å²) < 4.78 is 13.2. The van der Waals surface area contributed by atoms with E-state index in [-0.39, 0.29) is 43.0 Å². The van der Waals surface area contributed by atoms with Crippen LogP contribution in [0.1, 0.15) is 30.9 Å².